The molecular formula is C13H14N2O2. The van der Waals surface area contributed by atoms with E-state index < -0.39 is 0 Å². The van der Waals surface area contributed by atoms with Crippen LogP contribution in [0.3, 0.4) is 0 Å². The molecular weight excluding hydrogens is 216 g/mol. The predicted molar refractivity (Wildman–Crippen MR) is 64.9 cm³/mol. The van der Waals surface area contributed by atoms with E-state index in [1.165, 1.54) is 6.07 Å². The van der Waals surface area contributed by atoms with Gasteiger partial charge < -0.3 is 9.84 Å². The Morgan fingerprint density at radius 2 is 1.82 bits per heavy atom. The van der Waals surface area contributed by atoms with E-state index in [0.717, 1.165) is 5.56 Å². The highest BCUT2D eigenvalue weighted by Gasteiger charge is 2.07. The highest BCUT2D eigenvalue weighted by atomic mass is 16.5. The fourth-order valence-corrected chi connectivity index (χ4v) is 1.43. The Kier molecular flexibility index (Phi) is 3.23. The van der Waals surface area contributed by atoms with Gasteiger partial charge >= 0.3 is 6.01 Å². The lowest BCUT2D eigenvalue weighted by molar-refractivity contribution is 0.219. The molecule has 1 aromatic heterocycles. The lowest BCUT2D eigenvalue weighted by atomic mass is 10.1. The van der Waals surface area contributed by atoms with Crippen LogP contribution in [-0.4, -0.2) is 21.2 Å². The Hall–Kier alpha value is -2.10. The largest absolute Gasteiger partial charge is 0.493 e. The van der Waals surface area contributed by atoms with E-state index in [2.05, 4.69) is 9.97 Å². The molecule has 88 valence electrons. The van der Waals surface area contributed by atoms with E-state index in [1.807, 2.05) is 44.2 Å². The first-order valence-corrected chi connectivity index (χ1v) is 5.45. The number of rotatable bonds is 3. The van der Waals surface area contributed by atoms with Crippen molar-refractivity contribution in [1.82, 2.24) is 9.97 Å². The third-order valence-electron chi connectivity index (χ3n) is 2.10. The number of nitrogens with zero attached hydrogens (tertiary/aromatic N) is 2. The second-order valence-electron chi connectivity index (χ2n) is 3.93. The zero-order valence-electron chi connectivity index (χ0n) is 9.79. The van der Waals surface area contributed by atoms with Crippen LogP contribution in [0.4, 0.5) is 0 Å². The lowest BCUT2D eigenvalue weighted by Gasteiger charge is -2.09. The van der Waals surface area contributed by atoms with Gasteiger partial charge in [-0.05, 0) is 13.8 Å². The molecule has 0 bridgehead atoms. The van der Waals surface area contributed by atoms with Gasteiger partial charge in [0.1, 0.15) is 0 Å². The summed E-state index contributed by atoms with van der Waals surface area (Å²) in [6, 6.07) is 11.3. The summed E-state index contributed by atoms with van der Waals surface area (Å²) in [7, 11) is 0. The van der Waals surface area contributed by atoms with Crippen molar-refractivity contribution < 1.29 is 9.84 Å². The maximum Gasteiger partial charge on any atom is 0.320 e. The minimum absolute atomic E-state index is 0.0274. The maximum atomic E-state index is 9.54. The molecule has 0 aliphatic rings. The molecule has 1 heterocycles. The van der Waals surface area contributed by atoms with Gasteiger partial charge in [0.05, 0.1) is 11.8 Å². The average molecular weight is 230 g/mol. The Morgan fingerprint density at radius 3 is 2.47 bits per heavy atom. The molecule has 2 rings (SSSR count). The summed E-state index contributed by atoms with van der Waals surface area (Å²) in [4.78, 5) is 8.07. The SMILES string of the molecule is CC(C)Oc1nc(O)cc(-c2ccccc2)n1. The Morgan fingerprint density at radius 1 is 1.12 bits per heavy atom. The molecule has 0 aliphatic carbocycles. The summed E-state index contributed by atoms with van der Waals surface area (Å²) in [5.74, 6) is -0.0884. The highest BCUT2D eigenvalue weighted by molar-refractivity contribution is 5.59. The highest BCUT2D eigenvalue weighted by Crippen LogP contribution is 2.22. The average Bonchev–Trinajstić information content (AvgIpc) is 2.28. The van der Waals surface area contributed by atoms with Gasteiger partial charge in [-0.1, -0.05) is 30.3 Å². The predicted octanol–water partition coefficient (Wildman–Crippen LogP) is 2.64. The van der Waals surface area contributed by atoms with Crippen LogP contribution in [0.1, 0.15) is 13.8 Å². The first-order valence-electron chi connectivity index (χ1n) is 5.45. The molecule has 0 aliphatic heterocycles. The van der Waals surface area contributed by atoms with Crippen LogP contribution in [0, 0.1) is 0 Å². The molecule has 0 atom stereocenters. The molecule has 2 aromatic rings. The Bertz CT molecular complexity index is 498. The molecule has 0 radical (unpaired) electrons. The van der Waals surface area contributed by atoms with Crippen LogP contribution in [0.2, 0.25) is 0 Å². The van der Waals surface area contributed by atoms with Crippen LogP contribution in [0.15, 0.2) is 36.4 Å². The molecule has 0 unspecified atom stereocenters. The minimum atomic E-state index is -0.0884. The number of aromatic hydroxyl groups is 1. The molecule has 4 heteroatoms. The van der Waals surface area contributed by atoms with Crippen molar-refractivity contribution in [3.8, 4) is 23.1 Å². The third-order valence-corrected chi connectivity index (χ3v) is 2.10. The lowest BCUT2D eigenvalue weighted by Crippen LogP contribution is -2.08. The van der Waals surface area contributed by atoms with Crippen molar-refractivity contribution in [2.24, 2.45) is 0 Å². The van der Waals surface area contributed by atoms with Crippen LogP contribution < -0.4 is 4.74 Å². The van der Waals surface area contributed by atoms with E-state index in [4.69, 9.17) is 4.74 Å². The summed E-state index contributed by atoms with van der Waals surface area (Å²) >= 11 is 0. The fourth-order valence-electron chi connectivity index (χ4n) is 1.43. The number of hydrogen-bond donors (Lipinski definition) is 1. The monoisotopic (exact) mass is 230 g/mol. The molecule has 0 saturated heterocycles. The summed E-state index contributed by atoms with van der Waals surface area (Å²) < 4.78 is 5.37. The third kappa shape index (κ3) is 2.93. The Labute approximate surface area is 99.9 Å². The van der Waals surface area contributed by atoms with Gasteiger partial charge in [-0.15, -0.1) is 0 Å². The van der Waals surface area contributed by atoms with Crippen molar-refractivity contribution in [2.75, 3.05) is 0 Å². The fraction of sp³-hybridized carbons (Fsp3) is 0.231. The summed E-state index contributed by atoms with van der Waals surface area (Å²) in [5, 5.41) is 9.54. The number of hydrogen-bond acceptors (Lipinski definition) is 4. The zero-order chi connectivity index (χ0) is 12.3. The van der Waals surface area contributed by atoms with Gasteiger partial charge in [-0.3, -0.25) is 0 Å². The van der Waals surface area contributed by atoms with Gasteiger partial charge in [0.2, 0.25) is 5.88 Å². The van der Waals surface area contributed by atoms with Crippen LogP contribution in [-0.2, 0) is 0 Å². The molecule has 1 aromatic carbocycles. The summed E-state index contributed by atoms with van der Waals surface area (Å²) in [6.07, 6.45) is -0.0274. The molecule has 0 amide bonds. The van der Waals surface area contributed by atoms with Crippen LogP contribution in [0.5, 0.6) is 11.9 Å². The first kappa shape index (κ1) is 11.4. The topological polar surface area (TPSA) is 55.2 Å². The summed E-state index contributed by atoms with van der Waals surface area (Å²) in [5.41, 5.74) is 1.56. The van der Waals surface area contributed by atoms with E-state index in [9.17, 15) is 5.11 Å². The summed E-state index contributed by atoms with van der Waals surface area (Å²) in [6.45, 7) is 3.77. The van der Waals surface area contributed by atoms with Gasteiger partial charge in [-0.2, -0.15) is 9.97 Å². The molecule has 1 N–H and O–H groups in total. The second kappa shape index (κ2) is 4.82. The minimum Gasteiger partial charge on any atom is -0.493 e. The van der Waals surface area contributed by atoms with Gasteiger partial charge in [0, 0.05) is 11.6 Å². The zero-order valence-corrected chi connectivity index (χ0v) is 9.79. The number of aromatic nitrogens is 2. The standard InChI is InChI=1S/C13H14N2O2/c1-9(2)17-13-14-11(8-12(16)15-13)10-6-4-3-5-7-10/h3-9H,1-2H3,(H,14,15,16). The van der Waals surface area contributed by atoms with Crippen molar-refractivity contribution >= 4 is 0 Å². The number of benzene rings is 1. The van der Waals surface area contributed by atoms with Crippen molar-refractivity contribution in [2.45, 2.75) is 20.0 Å². The first-order chi connectivity index (χ1) is 8.15. The van der Waals surface area contributed by atoms with Gasteiger partial charge in [0.15, 0.2) is 0 Å². The van der Waals surface area contributed by atoms with Gasteiger partial charge in [0.25, 0.3) is 0 Å². The molecule has 4 nitrogen and oxygen atoms in total. The van der Waals surface area contributed by atoms with E-state index >= 15 is 0 Å². The Balaban J connectivity index is 2.38. The van der Waals surface area contributed by atoms with Crippen molar-refractivity contribution in [3.63, 3.8) is 0 Å². The second-order valence-corrected chi connectivity index (χ2v) is 3.93. The van der Waals surface area contributed by atoms with E-state index in [1.54, 1.807) is 0 Å². The maximum absolute atomic E-state index is 9.54. The normalized spacial score (nSPS) is 10.5. The molecule has 0 saturated carbocycles. The van der Waals surface area contributed by atoms with E-state index in [0.29, 0.717) is 5.69 Å². The number of ether oxygens (including phenoxy) is 1. The van der Waals surface area contributed by atoms with Gasteiger partial charge in [-0.25, -0.2) is 0 Å². The van der Waals surface area contributed by atoms with E-state index in [-0.39, 0.29) is 18.0 Å². The molecule has 0 spiro atoms. The quantitative estimate of drug-likeness (QED) is 0.880. The smallest absolute Gasteiger partial charge is 0.320 e. The van der Waals surface area contributed by atoms with Crippen LogP contribution in [0.25, 0.3) is 11.3 Å². The van der Waals surface area contributed by atoms with Crippen LogP contribution >= 0.6 is 0 Å². The molecule has 0 fully saturated rings. The molecule has 17 heavy (non-hydrogen) atoms. The van der Waals surface area contributed by atoms with Crippen molar-refractivity contribution in [1.29, 1.82) is 0 Å². The van der Waals surface area contributed by atoms with Crippen molar-refractivity contribution in [3.05, 3.63) is 36.4 Å².